The number of esters is 1. The van der Waals surface area contributed by atoms with E-state index in [-0.39, 0.29) is 31.4 Å². The molecule has 1 aliphatic rings. The number of nitrogens with zero attached hydrogens (tertiary/aromatic N) is 3. The van der Waals surface area contributed by atoms with Gasteiger partial charge in [0, 0.05) is 61.3 Å². The van der Waals surface area contributed by atoms with Crippen molar-refractivity contribution in [3.05, 3.63) is 105 Å². The van der Waals surface area contributed by atoms with Gasteiger partial charge in [-0.1, -0.05) is 53.5 Å². The largest absolute Gasteiger partial charge is 0.492 e. The fourth-order valence-electron chi connectivity index (χ4n) is 6.44. The third kappa shape index (κ3) is 11.0. The number of aromatic nitrogens is 1. The van der Waals surface area contributed by atoms with Crippen molar-refractivity contribution in [3.63, 3.8) is 0 Å². The van der Waals surface area contributed by atoms with Gasteiger partial charge in [0.2, 0.25) is 0 Å². The maximum atomic E-state index is 12.1. The highest BCUT2D eigenvalue weighted by Crippen LogP contribution is 2.39. The van der Waals surface area contributed by atoms with Crippen LogP contribution in [-0.4, -0.2) is 87.7 Å². The fourth-order valence-corrected chi connectivity index (χ4v) is 6.96. The highest BCUT2D eigenvalue weighted by molar-refractivity contribution is 6.35. The number of aliphatic hydroxyl groups is 2. The Bertz CT molecular complexity index is 2120. The van der Waals surface area contributed by atoms with E-state index in [1.165, 1.54) is 13.1 Å². The number of likely N-dealkylation sites (tertiary alicyclic amines) is 1. The molecule has 1 aromatic heterocycles. The molecule has 0 radical (unpaired) electrons. The number of benzene rings is 3. The van der Waals surface area contributed by atoms with Gasteiger partial charge in [0.25, 0.3) is 0 Å². The van der Waals surface area contributed by atoms with Crippen LogP contribution >= 0.6 is 23.2 Å². The van der Waals surface area contributed by atoms with Gasteiger partial charge in [0.15, 0.2) is 5.60 Å². The molecule has 4 aromatic rings. The smallest absolute Gasteiger partial charge is 0.338 e. The zero-order valence-electron chi connectivity index (χ0n) is 32.7. The minimum atomic E-state index is -1.61. The number of aliphatic carboxylic acids is 1. The summed E-state index contributed by atoms with van der Waals surface area (Å²) >= 11 is 13.7. The van der Waals surface area contributed by atoms with E-state index in [0.717, 1.165) is 35.2 Å². The summed E-state index contributed by atoms with van der Waals surface area (Å²) in [7, 11) is 0. The number of hydrogen-bond donors (Lipinski definition) is 4. The van der Waals surface area contributed by atoms with Gasteiger partial charge in [-0.3, -0.25) is 15.1 Å². The topological polar surface area (TPSA) is 184 Å². The van der Waals surface area contributed by atoms with E-state index in [1.807, 2.05) is 43.3 Å². The SMILES string of the molecule is CCOC(=O)C1(O)CCN(CCCOc2cccc(-c3cccc(COc4cc(OCc5cncc(C#N)c5)c(CNC(C)(CO)C(=O)O)cc4Cl)c3C)c2Cl)CC1. The van der Waals surface area contributed by atoms with Crippen LogP contribution in [-0.2, 0) is 34.1 Å². The molecular weight excluding hydrogens is 787 g/mol. The van der Waals surface area contributed by atoms with Crippen LogP contribution in [0.5, 0.6) is 17.2 Å². The van der Waals surface area contributed by atoms with E-state index in [2.05, 4.69) is 21.3 Å². The van der Waals surface area contributed by atoms with E-state index < -0.39 is 29.7 Å². The molecule has 0 aliphatic carbocycles. The average molecular weight is 836 g/mol. The van der Waals surface area contributed by atoms with E-state index in [9.17, 15) is 30.2 Å². The molecule has 15 heteroatoms. The molecule has 308 valence electrons. The van der Waals surface area contributed by atoms with Gasteiger partial charge >= 0.3 is 11.9 Å². The van der Waals surface area contributed by atoms with Crippen LogP contribution in [0.2, 0.25) is 10.0 Å². The van der Waals surface area contributed by atoms with Crippen LogP contribution < -0.4 is 19.5 Å². The summed E-state index contributed by atoms with van der Waals surface area (Å²) in [6, 6.07) is 18.5. The van der Waals surface area contributed by atoms with Gasteiger partial charge in [-0.25, -0.2) is 4.79 Å². The molecule has 0 saturated carbocycles. The second-order valence-electron chi connectivity index (χ2n) is 14.3. The molecule has 13 nitrogen and oxygen atoms in total. The zero-order valence-corrected chi connectivity index (χ0v) is 34.2. The number of aliphatic hydroxyl groups excluding tert-OH is 1. The highest BCUT2D eigenvalue weighted by atomic mass is 35.5. The number of hydrogen-bond acceptors (Lipinski definition) is 12. The number of carboxylic acid groups (broad SMARTS) is 1. The number of pyridine rings is 1. The Labute approximate surface area is 348 Å². The van der Waals surface area contributed by atoms with Crippen molar-refractivity contribution in [3.8, 4) is 34.4 Å². The molecule has 1 unspecified atom stereocenters. The third-order valence-corrected chi connectivity index (χ3v) is 10.9. The highest BCUT2D eigenvalue weighted by Gasteiger charge is 2.40. The molecule has 0 amide bonds. The first-order valence-electron chi connectivity index (χ1n) is 18.9. The summed E-state index contributed by atoms with van der Waals surface area (Å²) in [5.74, 6) is -0.539. The van der Waals surface area contributed by atoms with Gasteiger partial charge in [-0.2, -0.15) is 5.26 Å². The lowest BCUT2D eigenvalue weighted by Crippen LogP contribution is -2.52. The number of ether oxygens (including phenoxy) is 4. The number of nitriles is 1. The van der Waals surface area contributed by atoms with E-state index in [1.54, 1.807) is 31.3 Å². The van der Waals surface area contributed by atoms with Crippen molar-refractivity contribution >= 4 is 35.1 Å². The van der Waals surface area contributed by atoms with Crippen molar-refractivity contribution in [2.75, 3.05) is 39.5 Å². The number of nitrogens with one attached hydrogen (secondary N) is 1. The van der Waals surface area contributed by atoms with Crippen molar-refractivity contribution in [2.45, 2.75) is 70.9 Å². The fraction of sp³-hybridized carbons (Fsp3) is 0.395. The van der Waals surface area contributed by atoms with E-state index in [4.69, 9.17) is 42.1 Å². The maximum absolute atomic E-state index is 12.1. The summed E-state index contributed by atoms with van der Waals surface area (Å²) in [6.07, 6.45) is 4.42. The minimum Gasteiger partial charge on any atom is -0.492 e. The van der Waals surface area contributed by atoms with Crippen LogP contribution in [0.4, 0.5) is 0 Å². The first-order chi connectivity index (χ1) is 27.8. The monoisotopic (exact) mass is 834 g/mol. The normalized spacial score (nSPS) is 14.9. The quantitative estimate of drug-likeness (QED) is 0.0596. The number of piperidine rings is 1. The predicted molar refractivity (Wildman–Crippen MR) is 218 cm³/mol. The lowest BCUT2D eigenvalue weighted by Gasteiger charge is -2.36. The number of carbonyl (C=O) groups is 2. The first-order valence-corrected chi connectivity index (χ1v) is 19.7. The van der Waals surface area contributed by atoms with Gasteiger partial charge in [0.1, 0.15) is 42.1 Å². The van der Waals surface area contributed by atoms with Crippen molar-refractivity contribution < 1.29 is 43.9 Å². The zero-order chi connectivity index (χ0) is 41.9. The molecule has 3 aromatic carbocycles. The van der Waals surface area contributed by atoms with Crippen LogP contribution in [0.3, 0.4) is 0 Å². The molecule has 0 spiro atoms. The third-order valence-electron chi connectivity index (χ3n) is 10.2. The van der Waals surface area contributed by atoms with E-state index >= 15 is 0 Å². The Morgan fingerprint density at radius 3 is 2.41 bits per heavy atom. The molecule has 4 N–H and O–H groups in total. The van der Waals surface area contributed by atoms with Gasteiger partial charge in [-0.15, -0.1) is 0 Å². The molecule has 1 fully saturated rings. The lowest BCUT2D eigenvalue weighted by molar-refractivity contribution is -0.170. The molecule has 0 bridgehead atoms. The van der Waals surface area contributed by atoms with E-state index in [0.29, 0.717) is 71.5 Å². The first kappa shape index (κ1) is 44.2. The van der Waals surface area contributed by atoms with Crippen LogP contribution in [0, 0.1) is 18.3 Å². The van der Waals surface area contributed by atoms with Gasteiger partial charge in [0.05, 0.1) is 35.4 Å². The molecule has 1 aliphatic heterocycles. The number of carbonyl (C=O) groups excluding carboxylic acids is 1. The average Bonchev–Trinajstić information content (AvgIpc) is 3.22. The number of rotatable bonds is 19. The second-order valence-corrected chi connectivity index (χ2v) is 15.1. The van der Waals surface area contributed by atoms with Gasteiger partial charge < -0.3 is 39.2 Å². The van der Waals surface area contributed by atoms with Crippen LogP contribution in [0.15, 0.2) is 67.0 Å². The van der Waals surface area contributed by atoms with Crippen molar-refractivity contribution in [1.29, 1.82) is 5.26 Å². The molecule has 58 heavy (non-hydrogen) atoms. The maximum Gasteiger partial charge on any atom is 0.338 e. The summed E-state index contributed by atoms with van der Waals surface area (Å²) in [4.78, 5) is 30.3. The summed E-state index contributed by atoms with van der Waals surface area (Å²) < 4.78 is 23.6. The van der Waals surface area contributed by atoms with Crippen LogP contribution in [0.1, 0.15) is 60.9 Å². The molecule has 5 rings (SSSR count). The Morgan fingerprint density at radius 2 is 1.71 bits per heavy atom. The molecular formula is C43H48Cl2N4O9. The van der Waals surface area contributed by atoms with Gasteiger partial charge in [-0.05, 0) is 74.9 Å². The summed E-state index contributed by atoms with van der Waals surface area (Å²) in [6.45, 7) is 7.23. The predicted octanol–water partition coefficient (Wildman–Crippen LogP) is 6.48. The molecule has 1 atom stereocenters. The Balaban J connectivity index is 1.26. The van der Waals surface area contributed by atoms with Crippen molar-refractivity contribution in [1.82, 2.24) is 15.2 Å². The standard InChI is InChI=1S/C43H48Cl2N4O9/c1-4-55-41(53)43(54)12-15-49(16-13-43)14-7-17-56-36-11-6-10-34(39(36)45)33-9-5-8-31(28(33)2)26-58-38-20-37(57-25-30-18-29(21-46)22-47-23-30)32(19-35(38)44)24-48-42(3,27-50)40(51)52/h5-6,8-11,18-20,22-23,48,50,54H,4,7,12-17,24-27H2,1-3H3,(H,51,52). The Morgan fingerprint density at radius 1 is 0.983 bits per heavy atom. The minimum absolute atomic E-state index is 0.00205. The molecule has 1 saturated heterocycles. The van der Waals surface area contributed by atoms with Crippen molar-refractivity contribution in [2.24, 2.45) is 0 Å². The molecule has 2 heterocycles. The second kappa shape index (κ2) is 20.2. The summed E-state index contributed by atoms with van der Waals surface area (Å²) in [5.41, 5.74) is 2.01. The number of carboxylic acids is 1. The summed E-state index contributed by atoms with van der Waals surface area (Å²) in [5, 5.41) is 43.0. The Kier molecular flexibility index (Phi) is 15.3. The number of halogens is 2. The van der Waals surface area contributed by atoms with Crippen LogP contribution in [0.25, 0.3) is 11.1 Å². The Hall–Kier alpha value is -4.94. The lowest BCUT2D eigenvalue weighted by atomic mass is 9.91.